The first kappa shape index (κ1) is 17.1. The van der Waals surface area contributed by atoms with E-state index in [0.717, 1.165) is 29.7 Å². The maximum absolute atomic E-state index is 13.0. The number of rotatable bonds is 4. The van der Waals surface area contributed by atoms with Crippen molar-refractivity contribution in [3.8, 4) is 5.75 Å². The van der Waals surface area contributed by atoms with Gasteiger partial charge >= 0.3 is 0 Å². The molecule has 1 heterocycles. The van der Waals surface area contributed by atoms with Crippen LogP contribution in [0.2, 0.25) is 0 Å². The Bertz CT molecular complexity index is 727. The van der Waals surface area contributed by atoms with E-state index in [1.165, 1.54) is 12.8 Å². The largest absolute Gasteiger partial charge is 0.489 e. The van der Waals surface area contributed by atoms with Gasteiger partial charge in [0.15, 0.2) is 0 Å². The molecule has 1 aliphatic heterocycles. The van der Waals surface area contributed by atoms with Crippen molar-refractivity contribution in [2.45, 2.75) is 44.4 Å². The molecule has 2 unspecified atom stereocenters. The minimum atomic E-state index is 0.111. The Labute approximate surface area is 154 Å². The molecule has 0 radical (unpaired) electrons. The highest BCUT2D eigenvalue weighted by Gasteiger charge is 2.36. The van der Waals surface area contributed by atoms with Gasteiger partial charge in [-0.15, -0.1) is 0 Å². The van der Waals surface area contributed by atoms with Crippen molar-refractivity contribution in [2.75, 3.05) is 13.2 Å². The number of carbonyl (C=O) groups is 1. The lowest BCUT2D eigenvalue weighted by Crippen LogP contribution is -2.54. The van der Waals surface area contributed by atoms with Crippen LogP contribution in [-0.4, -0.2) is 36.1 Å². The van der Waals surface area contributed by atoms with Crippen molar-refractivity contribution in [3.05, 3.63) is 65.7 Å². The number of carbonyl (C=O) groups excluding carboxylic acids is 1. The summed E-state index contributed by atoms with van der Waals surface area (Å²) < 4.78 is 11.7. The van der Waals surface area contributed by atoms with E-state index in [4.69, 9.17) is 9.47 Å². The Hall–Kier alpha value is -2.33. The maximum atomic E-state index is 13.0. The van der Waals surface area contributed by atoms with Gasteiger partial charge in [-0.25, -0.2) is 0 Å². The number of fused-ring (bicyclic) bond motifs is 1. The number of hydrogen-bond donors (Lipinski definition) is 0. The Balaban J connectivity index is 1.40. The third-order valence-corrected chi connectivity index (χ3v) is 5.34. The molecule has 1 aliphatic carbocycles. The first-order valence-electron chi connectivity index (χ1n) is 9.50. The molecule has 136 valence electrons. The average molecular weight is 351 g/mol. The van der Waals surface area contributed by atoms with E-state index in [2.05, 4.69) is 0 Å². The van der Waals surface area contributed by atoms with Crippen LogP contribution in [0.15, 0.2) is 54.6 Å². The van der Waals surface area contributed by atoms with Crippen LogP contribution in [0.1, 0.15) is 41.6 Å². The van der Waals surface area contributed by atoms with Gasteiger partial charge in [0.05, 0.1) is 18.8 Å². The fourth-order valence-electron chi connectivity index (χ4n) is 3.95. The monoisotopic (exact) mass is 351 g/mol. The summed E-state index contributed by atoms with van der Waals surface area (Å²) in [7, 11) is 0. The van der Waals surface area contributed by atoms with Gasteiger partial charge in [-0.1, -0.05) is 43.2 Å². The highest BCUT2D eigenvalue weighted by molar-refractivity contribution is 5.94. The molecular formula is C22H25NO3. The molecule has 1 saturated carbocycles. The summed E-state index contributed by atoms with van der Waals surface area (Å²) in [6.45, 7) is 1.86. The summed E-state index contributed by atoms with van der Waals surface area (Å²) in [6.07, 6.45) is 4.72. The quantitative estimate of drug-likeness (QED) is 0.834. The topological polar surface area (TPSA) is 38.8 Å². The number of morpholine rings is 1. The van der Waals surface area contributed by atoms with E-state index in [0.29, 0.717) is 19.8 Å². The predicted octanol–water partition coefficient (Wildman–Crippen LogP) is 4.05. The van der Waals surface area contributed by atoms with Crippen molar-refractivity contribution in [1.82, 2.24) is 4.90 Å². The van der Waals surface area contributed by atoms with E-state index < -0.39 is 0 Å². The highest BCUT2D eigenvalue weighted by atomic mass is 16.5. The zero-order valence-corrected chi connectivity index (χ0v) is 15.0. The number of hydrogen-bond acceptors (Lipinski definition) is 3. The molecule has 2 fully saturated rings. The molecule has 4 rings (SSSR count). The van der Waals surface area contributed by atoms with Crippen molar-refractivity contribution >= 4 is 5.91 Å². The molecule has 1 amide bonds. The van der Waals surface area contributed by atoms with Crippen LogP contribution in [-0.2, 0) is 11.3 Å². The minimum Gasteiger partial charge on any atom is -0.489 e. The molecule has 0 aromatic heterocycles. The summed E-state index contributed by atoms with van der Waals surface area (Å²) in [5.74, 6) is 0.891. The van der Waals surface area contributed by atoms with Crippen LogP contribution in [0.4, 0.5) is 0 Å². The summed E-state index contributed by atoms with van der Waals surface area (Å²) in [6, 6.07) is 17.8. The molecule has 4 nitrogen and oxygen atoms in total. The molecule has 0 N–H and O–H groups in total. The normalized spacial score (nSPS) is 22.5. The van der Waals surface area contributed by atoms with Gasteiger partial charge in [0.25, 0.3) is 5.91 Å². The molecule has 1 saturated heterocycles. The van der Waals surface area contributed by atoms with E-state index in [9.17, 15) is 4.79 Å². The van der Waals surface area contributed by atoms with Gasteiger partial charge in [-0.05, 0) is 42.7 Å². The number of nitrogens with zero attached hydrogens (tertiary/aromatic N) is 1. The van der Waals surface area contributed by atoms with Gasteiger partial charge in [-0.3, -0.25) is 4.79 Å². The summed E-state index contributed by atoms with van der Waals surface area (Å²) in [5.41, 5.74) is 1.85. The fraction of sp³-hybridized carbons (Fsp3) is 0.409. The molecule has 2 aromatic rings. The van der Waals surface area contributed by atoms with Gasteiger partial charge in [-0.2, -0.15) is 0 Å². The fourth-order valence-corrected chi connectivity index (χ4v) is 3.95. The Morgan fingerprint density at radius 3 is 2.62 bits per heavy atom. The van der Waals surface area contributed by atoms with Gasteiger partial charge in [0.1, 0.15) is 12.4 Å². The van der Waals surface area contributed by atoms with E-state index >= 15 is 0 Å². The van der Waals surface area contributed by atoms with Gasteiger partial charge in [0, 0.05) is 12.1 Å². The summed E-state index contributed by atoms with van der Waals surface area (Å²) in [5, 5.41) is 0. The molecule has 4 heteroatoms. The molecule has 2 atom stereocenters. The predicted molar refractivity (Wildman–Crippen MR) is 100 cm³/mol. The molecule has 0 bridgehead atoms. The minimum absolute atomic E-state index is 0.111. The second-order valence-corrected chi connectivity index (χ2v) is 7.06. The standard InChI is InChI=1S/C22H25NO3/c24-22(23-14-15-25-21-9-5-4-8-20(21)23)18-10-12-19(13-11-18)26-16-17-6-2-1-3-7-17/h1-3,6-7,10-13,20-21H,4-5,8-9,14-16H2. The van der Waals surface area contributed by atoms with Crippen molar-refractivity contribution in [1.29, 1.82) is 0 Å². The zero-order valence-electron chi connectivity index (χ0n) is 15.0. The molecule has 26 heavy (non-hydrogen) atoms. The smallest absolute Gasteiger partial charge is 0.254 e. The van der Waals surface area contributed by atoms with Crippen molar-refractivity contribution < 1.29 is 14.3 Å². The molecule has 2 aliphatic rings. The Kier molecular flexibility index (Phi) is 5.21. The molecule has 0 spiro atoms. The highest BCUT2D eigenvalue weighted by Crippen LogP contribution is 2.29. The van der Waals surface area contributed by atoms with E-state index in [1.54, 1.807) is 0 Å². The first-order chi connectivity index (χ1) is 12.8. The lowest BCUT2D eigenvalue weighted by Gasteiger charge is -2.43. The number of amides is 1. The van der Waals surface area contributed by atoms with Crippen LogP contribution in [0.25, 0.3) is 0 Å². The van der Waals surface area contributed by atoms with Crippen LogP contribution in [0, 0.1) is 0 Å². The third-order valence-electron chi connectivity index (χ3n) is 5.34. The van der Waals surface area contributed by atoms with Gasteiger partial charge in [0.2, 0.25) is 0 Å². The first-order valence-corrected chi connectivity index (χ1v) is 9.50. The molecular weight excluding hydrogens is 326 g/mol. The summed E-state index contributed by atoms with van der Waals surface area (Å²) in [4.78, 5) is 15.0. The van der Waals surface area contributed by atoms with Crippen LogP contribution in [0.5, 0.6) is 5.75 Å². The van der Waals surface area contributed by atoms with E-state index in [1.807, 2.05) is 59.5 Å². The second-order valence-electron chi connectivity index (χ2n) is 7.06. The number of benzene rings is 2. The van der Waals surface area contributed by atoms with Gasteiger partial charge < -0.3 is 14.4 Å². The van der Waals surface area contributed by atoms with Crippen molar-refractivity contribution in [3.63, 3.8) is 0 Å². The maximum Gasteiger partial charge on any atom is 0.254 e. The Morgan fingerprint density at radius 1 is 1.04 bits per heavy atom. The lowest BCUT2D eigenvalue weighted by molar-refractivity contribution is -0.0752. The zero-order chi connectivity index (χ0) is 17.8. The van der Waals surface area contributed by atoms with Crippen LogP contribution in [0.3, 0.4) is 0 Å². The SMILES string of the molecule is O=C(c1ccc(OCc2ccccc2)cc1)N1CCOC2CCCCC21. The second kappa shape index (κ2) is 7.92. The van der Waals surface area contributed by atoms with Crippen LogP contribution >= 0.6 is 0 Å². The third kappa shape index (κ3) is 3.75. The Morgan fingerprint density at radius 2 is 1.81 bits per heavy atom. The molecule has 2 aromatic carbocycles. The number of ether oxygens (including phenoxy) is 2. The van der Waals surface area contributed by atoms with Crippen molar-refractivity contribution in [2.24, 2.45) is 0 Å². The van der Waals surface area contributed by atoms with E-state index in [-0.39, 0.29) is 18.1 Å². The van der Waals surface area contributed by atoms with Crippen LogP contribution < -0.4 is 4.74 Å². The lowest BCUT2D eigenvalue weighted by atomic mass is 9.89. The average Bonchev–Trinajstić information content (AvgIpc) is 2.72. The summed E-state index contributed by atoms with van der Waals surface area (Å²) >= 11 is 0.